The summed E-state index contributed by atoms with van der Waals surface area (Å²) >= 11 is 0. The van der Waals surface area contributed by atoms with Crippen LogP contribution in [0.4, 0.5) is 0 Å². The Balaban J connectivity index is 3.13. The van der Waals surface area contributed by atoms with Crippen molar-refractivity contribution in [3.63, 3.8) is 0 Å². The molecule has 1 atom stereocenters. The average molecular weight is 537 g/mol. The predicted molar refractivity (Wildman–Crippen MR) is 144 cm³/mol. The maximum Gasteiger partial charge on any atom is 0.329 e. The molecule has 9 heteroatoms. The van der Waals surface area contributed by atoms with E-state index in [1.165, 1.54) is 64.2 Å². The smallest absolute Gasteiger partial charge is 0.329 e. The van der Waals surface area contributed by atoms with E-state index in [4.69, 9.17) is 38.3 Å². The van der Waals surface area contributed by atoms with Crippen LogP contribution in [0.2, 0.25) is 0 Å². The van der Waals surface area contributed by atoms with Crippen molar-refractivity contribution >= 4 is 5.97 Å². The number of rotatable bonds is 32. The monoisotopic (exact) mass is 536 g/mol. The molecule has 0 radical (unpaired) electrons. The minimum Gasteiger partial charge on any atom is -0.480 e. The number of carboxylic acid groups (broad SMARTS) is 1. The van der Waals surface area contributed by atoms with Crippen molar-refractivity contribution in [2.75, 3.05) is 85.9 Å². The molecule has 0 aromatic heterocycles. The third-order valence-corrected chi connectivity index (χ3v) is 5.68. The molecule has 0 aliphatic carbocycles. The van der Waals surface area contributed by atoms with Gasteiger partial charge in [0.1, 0.15) is 6.61 Å². The molecule has 0 saturated heterocycles. The van der Waals surface area contributed by atoms with Gasteiger partial charge in [0.2, 0.25) is 0 Å². The number of unbranched alkanes of at least 4 members (excludes halogenated alkanes) is 9. The number of carbonyl (C=O) groups is 1. The highest BCUT2D eigenvalue weighted by Gasteiger charge is 2.02. The van der Waals surface area contributed by atoms with E-state index in [0.29, 0.717) is 78.8 Å². The van der Waals surface area contributed by atoms with Crippen molar-refractivity contribution in [2.24, 2.45) is 0 Å². The van der Waals surface area contributed by atoms with E-state index in [1.807, 2.05) is 0 Å². The van der Waals surface area contributed by atoms with Gasteiger partial charge in [-0.05, 0) is 13.3 Å². The molecule has 1 unspecified atom stereocenters. The van der Waals surface area contributed by atoms with Gasteiger partial charge in [0.15, 0.2) is 0 Å². The zero-order chi connectivity index (χ0) is 27.1. The fourth-order valence-corrected chi connectivity index (χ4v) is 3.57. The SMILES string of the molecule is CCCCCCCCCCCCC(C)OCCOCCOCCOCCOCCOCCOCC(=O)O. The first kappa shape index (κ1) is 36.2. The largest absolute Gasteiger partial charge is 0.480 e. The van der Waals surface area contributed by atoms with Crippen molar-refractivity contribution in [3.05, 3.63) is 0 Å². The van der Waals surface area contributed by atoms with Crippen LogP contribution in [0.15, 0.2) is 0 Å². The lowest BCUT2D eigenvalue weighted by Crippen LogP contribution is -2.16. The lowest BCUT2D eigenvalue weighted by molar-refractivity contribution is -0.142. The molecular weight excluding hydrogens is 480 g/mol. The van der Waals surface area contributed by atoms with E-state index >= 15 is 0 Å². The molecule has 1 N–H and O–H groups in total. The molecule has 0 aromatic rings. The number of aliphatic carboxylic acids is 1. The first-order valence-electron chi connectivity index (χ1n) is 14.5. The highest BCUT2D eigenvalue weighted by Crippen LogP contribution is 2.12. The van der Waals surface area contributed by atoms with Gasteiger partial charge in [-0.1, -0.05) is 71.1 Å². The summed E-state index contributed by atoms with van der Waals surface area (Å²) in [6.07, 6.45) is 15.1. The van der Waals surface area contributed by atoms with E-state index in [-0.39, 0.29) is 13.2 Å². The van der Waals surface area contributed by atoms with Gasteiger partial charge < -0.3 is 38.3 Å². The zero-order valence-electron chi connectivity index (χ0n) is 23.8. The van der Waals surface area contributed by atoms with Crippen LogP contribution in [0.3, 0.4) is 0 Å². The Kier molecular flexibility index (Phi) is 30.7. The van der Waals surface area contributed by atoms with Crippen LogP contribution in [0, 0.1) is 0 Å². The van der Waals surface area contributed by atoms with Crippen LogP contribution in [0.1, 0.15) is 84.5 Å². The molecule has 0 saturated carbocycles. The highest BCUT2D eigenvalue weighted by atomic mass is 16.6. The normalized spacial score (nSPS) is 12.3. The van der Waals surface area contributed by atoms with Crippen molar-refractivity contribution < 1.29 is 43.1 Å². The molecule has 0 aromatic carbocycles. The third-order valence-electron chi connectivity index (χ3n) is 5.68. The summed E-state index contributed by atoms with van der Waals surface area (Å²) in [5.41, 5.74) is 0. The fraction of sp³-hybridized carbons (Fsp3) is 0.964. The predicted octanol–water partition coefficient (Wildman–Crippen LogP) is 4.89. The minimum absolute atomic E-state index is 0.257. The van der Waals surface area contributed by atoms with Gasteiger partial charge in [0.25, 0.3) is 0 Å². The van der Waals surface area contributed by atoms with Crippen LogP contribution in [-0.2, 0) is 38.0 Å². The second-order valence-corrected chi connectivity index (χ2v) is 9.16. The Morgan fingerprint density at radius 2 is 0.892 bits per heavy atom. The first-order chi connectivity index (χ1) is 18.2. The molecule has 0 amide bonds. The van der Waals surface area contributed by atoms with Crippen LogP contribution in [0.5, 0.6) is 0 Å². The van der Waals surface area contributed by atoms with Crippen LogP contribution < -0.4 is 0 Å². The summed E-state index contributed by atoms with van der Waals surface area (Å²) in [4.78, 5) is 10.3. The van der Waals surface area contributed by atoms with E-state index in [9.17, 15) is 4.79 Å². The number of hydrogen-bond acceptors (Lipinski definition) is 8. The molecule has 9 nitrogen and oxygen atoms in total. The molecule has 0 fully saturated rings. The van der Waals surface area contributed by atoms with E-state index < -0.39 is 5.97 Å². The lowest BCUT2D eigenvalue weighted by Gasteiger charge is -2.13. The summed E-state index contributed by atoms with van der Waals surface area (Å²) in [6, 6.07) is 0. The number of ether oxygens (including phenoxy) is 7. The molecule has 0 aliphatic heterocycles. The summed E-state index contributed by atoms with van der Waals surface area (Å²) in [5, 5.41) is 8.41. The molecule has 0 aliphatic rings. The molecule has 0 heterocycles. The molecule has 222 valence electrons. The summed E-state index contributed by atoms with van der Waals surface area (Å²) in [7, 11) is 0. The van der Waals surface area contributed by atoms with Crippen molar-refractivity contribution in [3.8, 4) is 0 Å². The maximum atomic E-state index is 10.3. The summed E-state index contributed by atoms with van der Waals surface area (Å²) in [6.45, 7) is 9.95. The first-order valence-corrected chi connectivity index (χ1v) is 14.5. The fourth-order valence-electron chi connectivity index (χ4n) is 3.57. The standard InChI is InChI=1S/C28H56O9/c1-3-4-5-6-7-8-9-10-11-12-13-27(2)37-25-24-35-21-20-33-17-16-31-14-15-32-18-19-34-22-23-36-26-28(29)30/h27H,3-26H2,1-2H3,(H,29,30). The number of hydrogen-bond donors (Lipinski definition) is 1. The Bertz CT molecular complexity index is 451. The Morgan fingerprint density at radius 1 is 0.541 bits per heavy atom. The van der Waals surface area contributed by atoms with Crippen molar-refractivity contribution in [1.29, 1.82) is 0 Å². The third kappa shape index (κ3) is 33.2. The Morgan fingerprint density at radius 3 is 1.30 bits per heavy atom. The molecule has 0 spiro atoms. The van der Waals surface area contributed by atoms with Gasteiger partial charge >= 0.3 is 5.97 Å². The highest BCUT2D eigenvalue weighted by molar-refractivity contribution is 5.67. The van der Waals surface area contributed by atoms with Crippen molar-refractivity contribution in [1.82, 2.24) is 0 Å². The van der Waals surface area contributed by atoms with Crippen molar-refractivity contribution in [2.45, 2.75) is 90.6 Å². The van der Waals surface area contributed by atoms with Gasteiger partial charge in [-0.25, -0.2) is 4.79 Å². The molecular formula is C28H56O9. The van der Waals surface area contributed by atoms with Crippen LogP contribution in [-0.4, -0.2) is 103 Å². The van der Waals surface area contributed by atoms with Gasteiger partial charge in [-0.2, -0.15) is 0 Å². The quantitative estimate of drug-likeness (QED) is 0.120. The number of carboxylic acids is 1. The van der Waals surface area contributed by atoms with Gasteiger partial charge in [0, 0.05) is 0 Å². The Labute approximate surface area is 225 Å². The average Bonchev–Trinajstić information content (AvgIpc) is 2.88. The maximum absolute atomic E-state index is 10.3. The zero-order valence-corrected chi connectivity index (χ0v) is 23.8. The molecule has 0 bridgehead atoms. The van der Waals surface area contributed by atoms with Crippen LogP contribution >= 0.6 is 0 Å². The Hall–Kier alpha value is -0.810. The topological polar surface area (TPSA) is 102 Å². The minimum atomic E-state index is -0.984. The molecule has 0 rings (SSSR count). The summed E-state index contributed by atoms with van der Waals surface area (Å²) < 4.78 is 37.8. The van der Waals surface area contributed by atoms with E-state index in [0.717, 1.165) is 6.42 Å². The van der Waals surface area contributed by atoms with Gasteiger partial charge in [-0.15, -0.1) is 0 Å². The van der Waals surface area contributed by atoms with E-state index in [1.54, 1.807) is 0 Å². The van der Waals surface area contributed by atoms with Crippen LogP contribution in [0.25, 0.3) is 0 Å². The second-order valence-electron chi connectivity index (χ2n) is 9.16. The lowest BCUT2D eigenvalue weighted by atomic mass is 10.0. The van der Waals surface area contributed by atoms with Gasteiger partial charge in [0.05, 0.1) is 85.4 Å². The molecule has 37 heavy (non-hydrogen) atoms. The second kappa shape index (κ2) is 31.4. The summed E-state index contributed by atoms with van der Waals surface area (Å²) in [5.74, 6) is -0.984. The van der Waals surface area contributed by atoms with Gasteiger partial charge in [-0.3, -0.25) is 0 Å². The van der Waals surface area contributed by atoms with E-state index in [2.05, 4.69) is 13.8 Å².